The van der Waals surface area contributed by atoms with Gasteiger partial charge in [0.25, 0.3) is 0 Å². The fraction of sp³-hybridized carbons (Fsp3) is 0.250. The zero-order valence-electron chi connectivity index (χ0n) is 4.94. The first-order valence-corrected chi connectivity index (χ1v) is 2.02. The van der Waals surface area contributed by atoms with E-state index in [4.69, 9.17) is 12.3 Å². The molecule has 0 aromatic heterocycles. The van der Waals surface area contributed by atoms with Crippen LogP contribution in [0.2, 0.25) is 0 Å². The molecule has 0 atom stereocenters. The quantitative estimate of drug-likeness (QED) is 0.303. The molecule has 2 N–H and O–H groups in total. The van der Waals surface area contributed by atoms with E-state index in [0.717, 1.165) is 12.5 Å². The van der Waals surface area contributed by atoms with Crippen LogP contribution in [0.25, 0.3) is 0 Å². The van der Waals surface area contributed by atoms with Crippen LogP contribution in [-0.2, 0) is 32.7 Å². The van der Waals surface area contributed by atoms with E-state index in [1.807, 2.05) is 0 Å². The van der Waals surface area contributed by atoms with Gasteiger partial charge in [0.15, 0.2) is 6.67 Å². The number of nitrogens with two attached hydrogens (primary N) is 1. The standard InChI is InChI=1S/C4H7N4.Y/c1-2-7-8-4-6-3-5;/h1-3H,4H2,(H2,5,6);/q-1;. The Bertz CT molecular complexity index is 109. The van der Waals surface area contributed by atoms with Crippen molar-refractivity contribution in [3.8, 4) is 0 Å². The molecule has 0 aromatic carbocycles. The SMILES string of the molecule is [CH-]=CN=NC/N=C\N.[Y]. The van der Waals surface area contributed by atoms with Gasteiger partial charge in [-0.3, -0.25) is 4.99 Å². The van der Waals surface area contributed by atoms with Crippen LogP contribution in [-0.4, -0.2) is 13.0 Å². The molecule has 0 spiro atoms. The molecular formula is C4H7N4Y-. The first-order chi connectivity index (χ1) is 3.91. The van der Waals surface area contributed by atoms with Gasteiger partial charge in [-0.1, -0.05) is 0 Å². The van der Waals surface area contributed by atoms with E-state index in [2.05, 4.69) is 15.2 Å². The Morgan fingerprint density at radius 1 is 1.56 bits per heavy atom. The molecule has 0 aliphatic carbocycles. The number of rotatable bonds is 3. The monoisotopic (exact) mass is 200 g/mol. The van der Waals surface area contributed by atoms with Gasteiger partial charge in [0.05, 0.1) is 6.34 Å². The zero-order valence-corrected chi connectivity index (χ0v) is 7.77. The predicted molar refractivity (Wildman–Crippen MR) is 31.3 cm³/mol. The number of hydrogen-bond donors (Lipinski definition) is 1. The molecule has 0 amide bonds. The molecule has 0 unspecified atom stereocenters. The van der Waals surface area contributed by atoms with Gasteiger partial charge in [-0.15, -0.1) is 6.20 Å². The number of aliphatic imine (C=N–C) groups is 1. The van der Waals surface area contributed by atoms with Crippen molar-refractivity contribution in [3.05, 3.63) is 12.8 Å². The van der Waals surface area contributed by atoms with E-state index in [-0.39, 0.29) is 39.4 Å². The van der Waals surface area contributed by atoms with Crippen molar-refractivity contribution in [2.75, 3.05) is 6.67 Å². The van der Waals surface area contributed by atoms with Crippen LogP contribution < -0.4 is 5.73 Å². The van der Waals surface area contributed by atoms with Gasteiger partial charge in [-0.25, -0.2) is 5.11 Å². The van der Waals surface area contributed by atoms with Gasteiger partial charge in [-0.2, -0.15) is 5.11 Å². The molecule has 0 aliphatic heterocycles. The first-order valence-electron chi connectivity index (χ1n) is 2.02. The Labute approximate surface area is 79.2 Å². The minimum atomic E-state index is 0. The molecule has 9 heavy (non-hydrogen) atoms. The van der Waals surface area contributed by atoms with E-state index >= 15 is 0 Å². The third-order valence-corrected chi connectivity index (χ3v) is 0.399. The van der Waals surface area contributed by atoms with Crippen molar-refractivity contribution in [2.24, 2.45) is 21.0 Å². The second-order valence-electron chi connectivity index (χ2n) is 0.879. The van der Waals surface area contributed by atoms with Crippen molar-refractivity contribution in [1.82, 2.24) is 0 Å². The van der Waals surface area contributed by atoms with Crippen LogP contribution in [0.4, 0.5) is 0 Å². The molecule has 4 nitrogen and oxygen atoms in total. The summed E-state index contributed by atoms with van der Waals surface area (Å²) in [7, 11) is 0. The van der Waals surface area contributed by atoms with Crippen molar-refractivity contribution >= 4 is 6.34 Å². The Morgan fingerprint density at radius 2 is 2.22 bits per heavy atom. The summed E-state index contributed by atoms with van der Waals surface area (Å²) in [5.41, 5.74) is 4.88. The summed E-state index contributed by atoms with van der Waals surface area (Å²) in [5, 5.41) is 6.76. The first kappa shape index (κ1) is 11.7. The second-order valence-corrected chi connectivity index (χ2v) is 0.879. The molecule has 0 aromatic rings. The Morgan fingerprint density at radius 3 is 2.67 bits per heavy atom. The maximum absolute atomic E-state index is 4.88. The predicted octanol–water partition coefficient (Wildman–Crippen LogP) is 0.327. The maximum atomic E-state index is 4.88. The van der Waals surface area contributed by atoms with E-state index in [1.54, 1.807) is 0 Å². The van der Waals surface area contributed by atoms with Crippen molar-refractivity contribution < 1.29 is 32.7 Å². The van der Waals surface area contributed by atoms with Gasteiger partial charge >= 0.3 is 0 Å². The minimum absolute atomic E-state index is 0. The van der Waals surface area contributed by atoms with Gasteiger partial charge in [0.1, 0.15) is 0 Å². The molecule has 0 saturated heterocycles. The molecular weight excluding hydrogens is 193 g/mol. The Kier molecular flexibility index (Phi) is 14.0. The summed E-state index contributed by atoms with van der Waals surface area (Å²) < 4.78 is 0. The van der Waals surface area contributed by atoms with Crippen molar-refractivity contribution in [1.29, 1.82) is 0 Å². The summed E-state index contributed by atoms with van der Waals surface area (Å²) >= 11 is 0. The molecule has 0 rings (SSSR count). The normalized spacial score (nSPS) is 9.78. The van der Waals surface area contributed by atoms with Crippen LogP contribution in [0, 0.1) is 6.58 Å². The van der Waals surface area contributed by atoms with Crippen LogP contribution in [0.15, 0.2) is 21.4 Å². The second kappa shape index (κ2) is 10.8. The molecule has 0 fully saturated rings. The molecule has 0 heterocycles. The summed E-state index contributed by atoms with van der Waals surface area (Å²) in [6.45, 7) is 5.08. The van der Waals surface area contributed by atoms with Crippen LogP contribution in [0.1, 0.15) is 0 Å². The summed E-state index contributed by atoms with van der Waals surface area (Å²) in [6, 6.07) is 0. The van der Waals surface area contributed by atoms with Crippen molar-refractivity contribution in [2.45, 2.75) is 0 Å². The smallest absolute Gasteiger partial charge is 0.152 e. The van der Waals surface area contributed by atoms with Gasteiger partial charge < -0.3 is 12.3 Å². The fourth-order valence-corrected chi connectivity index (χ4v) is 0.167. The van der Waals surface area contributed by atoms with Gasteiger partial charge in [0.2, 0.25) is 0 Å². The van der Waals surface area contributed by atoms with Crippen LogP contribution in [0.3, 0.4) is 0 Å². The third-order valence-electron chi connectivity index (χ3n) is 0.399. The Balaban J connectivity index is 0. The van der Waals surface area contributed by atoms with E-state index in [9.17, 15) is 0 Å². The van der Waals surface area contributed by atoms with Crippen LogP contribution >= 0.6 is 0 Å². The molecule has 0 bridgehead atoms. The van der Waals surface area contributed by atoms with E-state index < -0.39 is 0 Å². The zero-order chi connectivity index (χ0) is 6.24. The van der Waals surface area contributed by atoms with Gasteiger partial charge in [0, 0.05) is 32.7 Å². The average Bonchev–Trinajstić information content (AvgIpc) is 1.81. The van der Waals surface area contributed by atoms with E-state index in [0.29, 0.717) is 0 Å². The fourth-order valence-electron chi connectivity index (χ4n) is 0.167. The third kappa shape index (κ3) is 11.5. The largest absolute Gasteiger partial charge is 0.493 e. The number of hydrogen-bond acceptors (Lipinski definition) is 3. The summed E-state index contributed by atoms with van der Waals surface area (Å²) in [6.07, 6.45) is 2.25. The molecule has 1 radical (unpaired) electrons. The molecule has 47 valence electrons. The number of nitrogens with zero attached hydrogens (tertiary/aromatic N) is 3. The summed E-state index contributed by atoms with van der Waals surface area (Å²) in [4.78, 5) is 3.53. The molecule has 0 saturated carbocycles. The maximum Gasteiger partial charge on any atom is 0.152 e. The molecule has 5 heteroatoms. The van der Waals surface area contributed by atoms with Crippen molar-refractivity contribution in [3.63, 3.8) is 0 Å². The Hall–Kier alpha value is -0.0861. The number of azo groups is 1. The van der Waals surface area contributed by atoms with E-state index in [1.165, 1.54) is 0 Å². The summed E-state index contributed by atoms with van der Waals surface area (Å²) in [5.74, 6) is 0. The van der Waals surface area contributed by atoms with Crippen LogP contribution in [0.5, 0.6) is 0 Å². The average molecular weight is 200 g/mol. The van der Waals surface area contributed by atoms with Gasteiger partial charge in [-0.05, 0) is 0 Å². The minimum Gasteiger partial charge on any atom is -0.493 e. The molecule has 0 aliphatic rings. The topological polar surface area (TPSA) is 63.1 Å².